The van der Waals surface area contributed by atoms with Crippen LogP contribution in [0.25, 0.3) is 0 Å². The second-order valence-corrected chi connectivity index (χ2v) is 2.57. The molecule has 0 aromatic heterocycles. The van der Waals surface area contributed by atoms with E-state index in [1.54, 1.807) is 0 Å². The zero-order valence-electron chi connectivity index (χ0n) is 5.23. The highest BCUT2D eigenvalue weighted by atomic mass is 19.1. The third-order valence-electron chi connectivity index (χ3n) is 1.71. The maximum atomic E-state index is 11.8. The van der Waals surface area contributed by atoms with Crippen LogP contribution >= 0.6 is 0 Å². The summed E-state index contributed by atoms with van der Waals surface area (Å²) in [6.07, 6.45) is 1.05. The topological polar surface area (TPSA) is 3.24 Å². The molecule has 0 aromatic rings. The van der Waals surface area contributed by atoms with Gasteiger partial charge in [0.05, 0.1) is 6.67 Å². The summed E-state index contributed by atoms with van der Waals surface area (Å²) in [5.74, 6) is 0.333. The minimum Gasteiger partial charge on any atom is -0.306 e. The van der Waals surface area contributed by atoms with Gasteiger partial charge < -0.3 is 4.90 Å². The molecule has 0 N–H and O–H groups in total. The van der Waals surface area contributed by atoms with Crippen molar-refractivity contribution in [2.75, 3.05) is 26.8 Å². The van der Waals surface area contributed by atoms with Gasteiger partial charge in [0.25, 0.3) is 0 Å². The van der Waals surface area contributed by atoms with Crippen LogP contribution in [0.5, 0.6) is 0 Å². The fourth-order valence-electron chi connectivity index (χ4n) is 1.15. The summed E-state index contributed by atoms with van der Waals surface area (Å²) in [6, 6.07) is 0. The first-order valence-electron chi connectivity index (χ1n) is 3.07. The Labute approximate surface area is 49.5 Å². The van der Waals surface area contributed by atoms with E-state index < -0.39 is 0 Å². The molecule has 8 heavy (non-hydrogen) atoms. The smallest absolute Gasteiger partial charge is 0.0935 e. The van der Waals surface area contributed by atoms with E-state index in [4.69, 9.17) is 0 Å². The van der Waals surface area contributed by atoms with Crippen molar-refractivity contribution in [1.82, 2.24) is 4.90 Å². The van der Waals surface area contributed by atoms with Crippen LogP contribution in [0, 0.1) is 5.92 Å². The standard InChI is InChI=1S/C6H12FN/c1-8-3-2-6(4-7)5-8/h6H,2-5H2,1H3. The SMILES string of the molecule is CN1CCC(CF)C1. The molecule has 1 aliphatic heterocycles. The zero-order valence-corrected chi connectivity index (χ0v) is 5.23. The number of halogens is 1. The van der Waals surface area contributed by atoms with E-state index in [1.807, 2.05) is 7.05 Å². The molecule has 1 saturated heterocycles. The Balaban J connectivity index is 2.22. The van der Waals surface area contributed by atoms with E-state index in [0.717, 1.165) is 19.5 Å². The van der Waals surface area contributed by atoms with Crippen LogP contribution in [-0.2, 0) is 0 Å². The summed E-state index contributed by atoms with van der Waals surface area (Å²) in [7, 11) is 2.04. The van der Waals surface area contributed by atoms with E-state index in [1.165, 1.54) is 0 Å². The Bertz CT molecular complexity index is 74.9. The summed E-state index contributed by atoms with van der Waals surface area (Å²) in [4.78, 5) is 2.17. The van der Waals surface area contributed by atoms with Crippen LogP contribution in [0.15, 0.2) is 0 Å². The van der Waals surface area contributed by atoms with Crippen molar-refractivity contribution < 1.29 is 4.39 Å². The fraction of sp³-hybridized carbons (Fsp3) is 1.00. The molecule has 0 bridgehead atoms. The highest BCUT2D eigenvalue weighted by molar-refractivity contribution is 4.71. The van der Waals surface area contributed by atoms with Gasteiger partial charge in [-0.25, -0.2) is 0 Å². The van der Waals surface area contributed by atoms with Gasteiger partial charge in [0.2, 0.25) is 0 Å². The highest BCUT2D eigenvalue weighted by Gasteiger charge is 2.18. The van der Waals surface area contributed by atoms with E-state index in [0.29, 0.717) is 5.92 Å². The Morgan fingerprint density at radius 1 is 1.75 bits per heavy atom. The second-order valence-electron chi connectivity index (χ2n) is 2.57. The van der Waals surface area contributed by atoms with E-state index in [9.17, 15) is 4.39 Å². The molecule has 2 heteroatoms. The first kappa shape index (κ1) is 6.02. The molecule has 0 spiro atoms. The van der Waals surface area contributed by atoms with Crippen molar-refractivity contribution in [3.8, 4) is 0 Å². The van der Waals surface area contributed by atoms with Crippen molar-refractivity contribution in [3.05, 3.63) is 0 Å². The Kier molecular flexibility index (Phi) is 1.84. The average molecular weight is 117 g/mol. The maximum Gasteiger partial charge on any atom is 0.0935 e. The number of nitrogens with zero attached hydrogens (tertiary/aromatic N) is 1. The molecule has 0 aromatic carbocycles. The number of rotatable bonds is 1. The molecule has 0 saturated carbocycles. The average Bonchev–Trinajstić information content (AvgIpc) is 2.14. The first-order chi connectivity index (χ1) is 3.83. The van der Waals surface area contributed by atoms with E-state index in [2.05, 4.69) is 4.90 Å². The van der Waals surface area contributed by atoms with Gasteiger partial charge in [-0.15, -0.1) is 0 Å². The summed E-state index contributed by atoms with van der Waals surface area (Å²) < 4.78 is 11.8. The molecule has 0 aliphatic carbocycles. The van der Waals surface area contributed by atoms with Crippen LogP contribution in [-0.4, -0.2) is 31.7 Å². The predicted octanol–water partition coefficient (Wildman–Crippen LogP) is 0.908. The summed E-state index contributed by atoms with van der Waals surface area (Å²) >= 11 is 0. The molecule has 1 aliphatic rings. The van der Waals surface area contributed by atoms with Crippen molar-refractivity contribution in [2.24, 2.45) is 5.92 Å². The van der Waals surface area contributed by atoms with Crippen LogP contribution in [0.2, 0.25) is 0 Å². The van der Waals surface area contributed by atoms with Gasteiger partial charge in [-0.1, -0.05) is 0 Å². The minimum atomic E-state index is -0.135. The van der Waals surface area contributed by atoms with Crippen LogP contribution in [0.3, 0.4) is 0 Å². The number of hydrogen-bond donors (Lipinski definition) is 0. The molecule has 1 rings (SSSR count). The monoisotopic (exact) mass is 117 g/mol. The number of likely N-dealkylation sites (tertiary alicyclic amines) is 1. The molecule has 1 heterocycles. The molecule has 0 amide bonds. The summed E-state index contributed by atoms with van der Waals surface area (Å²) in [6.45, 7) is 1.90. The van der Waals surface area contributed by atoms with Crippen molar-refractivity contribution >= 4 is 0 Å². The second kappa shape index (κ2) is 2.44. The van der Waals surface area contributed by atoms with Crippen molar-refractivity contribution in [3.63, 3.8) is 0 Å². The molecule has 48 valence electrons. The normalized spacial score (nSPS) is 31.5. The molecule has 1 atom stereocenters. The zero-order chi connectivity index (χ0) is 5.98. The lowest BCUT2D eigenvalue weighted by atomic mass is 10.1. The summed E-state index contributed by atoms with van der Waals surface area (Å²) in [5, 5.41) is 0. The lowest BCUT2D eigenvalue weighted by Crippen LogP contribution is -2.14. The lowest BCUT2D eigenvalue weighted by Gasteiger charge is -2.04. The lowest BCUT2D eigenvalue weighted by molar-refractivity contribution is 0.342. The van der Waals surface area contributed by atoms with E-state index in [-0.39, 0.29) is 6.67 Å². The molecular weight excluding hydrogens is 105 g/mol. The largest absolute Gasteiger partial charge is 0.306 e. The minimum absolute atomic E-state index is 0.135. The number of hydrogen-bond acceptors (Lipinski definition) is 1. The van der Waals surface area contributed by atoms with Gasteiger partial charge in [0, 0.05) is 12.5 Å². The number of alkyl halides is 1. The fourth-order valence-corrected chi connectivity index (χ4v) is 1.15. The third-order valence-corrected chi connectivity index (χ3v) is 1.71. The maximum absolute atomic E-state index is 11.8. The Morgan fingerprint density at radius 2 is 2.50 bits per heavy atom. The highest BCUT2D eigenvalue weighted by Crippen LogP contribution is 2.13. The van der Waals surface area contributed by atoms with Crippen molar-refractivity contribution in [1.29, 1.82) is 0 Å². The van der Waals surface area contributed by atoms with Gasteiger partial charge in [-0.05, 0) is 20.0 Å². The van der Waals surface area contributed by atoms with Gasteiger partial charge >= 0.3 is 0 Å². The predicted molar refractivity (Wildman–Crippen MR) is 31.6 cm³/mol. The Morgan fingerprint density at radius 3 is 2.75 bits per heavy atom. The third kappa shape index (κ3) is 1.19. The van der Waals surface area contributed by atoms with Crippen molar-refractivity contribution in [2.45, 2.75) is 6.42 Å². The van der Waals surface area contributed by atoms with Gasteiger partial charge in [0.15, 0.2) is 0 Å². The summed E-state index contributed by atoms with van der Waals surface area (Å²) in [5.41, 5.74) is 0. The molecule has 1 unspecified atom stereocenters. The van der Waals surface area contributed by atoms with Gasteiger partial charge in [0.1, 0.15) is 0 Å². The molecule has 1 nitrogen and oxygen atoms in total. The Hall–Kier alpha value is -0.110. The van der Waals surface area contributed by atoms with Gasteiger partial charge in [-0.2, -0.15) is 0 Å². The molecule has 0 radical (unpaired) electrons. The van der Waals surface area contributed by atoms with Crippen LogP contribution in [0.4, 0.5) is 4.39 Å². The first-order valence-corrected chi connectivity index (χ1v) is 3.07. The van der Waals surface area contributed by atoms with Crippen LogP contribution < -0.4 is 0 Å². The quantitative estimate of drug-likeness (QED) is 0.493. The van der Waals surface area contributed by atoms with E-state index >= 15 is 0 Å². The molecule has 1 fully saturated rings. The molecular formula is C6H12FN. The van der Waals surface area contributed by atoms with Gasteiger partial charge in [-0.3, -0.25) is 4.39 Å². The van der Waals surface area contributed by atoms with Crippen LogP contribution in [0.1, 0.15) is 6.42 Å².